The number of hydrogen-bond acceptors (Lipinski definition) is 4. The molecule has 1 N–H and O–H groups in total. The molecule has 0 aliphatic heterocycles. The summed E-state index contributed by atoms with van der Waals surface area (Å²) in [7, 11) is 1.96. The fraction of sp³-hybridized carbons (Fsp3) is 0.667. The van der Waals surface area contributed by atoms with Crippen LogP contribution in [0.5, 0.6) is 0 Å². The van der Waals surface area contributed by atoms with Crippen LogP contribution >= 0.6 is 11.6 Å². The van der Waals surface area contributed by atoms with Gasteiger partial charge in [-0.2, -0.15) is 0 Å². The lowest BCUT2D eigenvalue weighted by molar-refractivity contribution is 0.187. The highest BCUT2D eigenvalue weighted by atomic mass is 35.5. The van der Waals surface area contributed by atoms with Gasteiger partial charge in [-0.05, 0) is 19.8 Å². The van der Waals surface area contributed by atoms with Gasteiger partial charge in [-0.1, -0.05) is 24.9 Å². The lowest BCUT2D eigenvalue weighted by Crippen LogP contribution is -2.24. The van der Waals surface area contributed by atoms with Crippen molar-refractivity contribution in [2.24, 2.45) is 0 Å². The largest absolute Gasteiger partial charge is 0.393 e. The predicted octanol–water partition coefficient (Wildman–Crippen LogP) is 2.29. The Morgan fingerprint density at radius 3 is 2.76 bits per heavy atom. The zero-order valence-corrected chi connectivity index (χ0v) is 11.4. The van der Waals surface area contributed by atoms with E-state index in [9.17, 15) is 5.11 Å². The summed E-state index contributed by atoms with van der Waals surface area (Å²) in [6, 6.07) is 0. The fourth-order valence-corrected chi connectivity index (χ4v) is 1.89. The summed E-state index contributed by atoms with van der Waals surface area (Å²) < 4.78 is 0. The monoisotopic (exact) mass is 257 g/mol. The molecular weight excluding hydrogens is 238 g/mol. The number of aliphatic hydroxyl groups is 1. The molecule has 1 aromatic rings. The lowest BCUT2D eigenvalue weighted by Gasteiger charge is -2.21. The molecule has 0 saturated carbocycles. The number of aromatic nitrogens is 2. The van der Waals surface area contributed by atoms with Crippen LogP contribution in [0.4, 0.5) is 5.82 Å². The third-order valence-electron chi connectivity index (χ3n) is 2.61. The van der Waals surface area contributed by atoms with Crippen LogP contribution in [0.2, 0.25) is 5.15 Å². The smallest absolute Gasteiger partial charge is 0.137 e. The standard InChI is InChI=1S/C12H20ClN3O/c1-4-5-10-11(13)14-8-15-12(10)16(3)7-6-9(2)17/h8-9,17H,4-7H2,1-3H3. The maximum absolute atomic E-state index is 9.29. The van der Waals surface area contributed by atoms with Crippen LogP contribution < -0.4 is 4.90 Å². The first-order valence-electron chi connectivity index (χ1n) is 5.94. The molecule has 1 atom stereocenters. The maximum Gasteiger partial charge on any atom is 0.137 e. The molecule has 0 aromatic carbocycles. The van der Waals surface area contributed by atoms with Crippen LogP contribution in [0.15, 0.2) is 6.33 Å². The van der Waals surface area contributed by atoms with Gasteiger partial charge < -0.3 is 10.0 Å². The number of rotatable bonds is 6. The Morgan fingerprint density at radius 1 is 1.47 bits per heavy atom. The van der Waals surface area contributed by atoms with E-state index in [1.54, 1.807) is 6.92 Å². The van der Waals surface area contributed by atoms with E-state index in [1.807, 2.05) is 11.9 Å². The molecule has 1 unspecified atom stereocenters. The SMILES string of the molecule is CCCc1c(Cl)ncnc1N(C)CCC(C)O. The van der Waals surface area contributed by atoms with Crippen LogP contribution in [0.1, 0.15) is 32.3 Å². The minimum Gasteiger partial charge on any atom is -0.393 e. The van der Waals surface area contributed by atoms with Crippen LogP contribution in [0, 0.1) is 0 Å². The van der Waals surface area contributed by atoms with Crippen molar-refractivity contribution in [3.8, 4) is 0 Å². The molecular formula is C12H20ClN3O. The summed E-state index contributed by atoms with van der Waals surface area (Å²) in [5.74, 6) is 0.868. The van der Waals surface area contributed by atoms with Crippen molar-refractivity contribution in [2.45, 2.75) is 39.2 Å². The summed E-state index contributed by atoms with van der Waals surface area (Å²) in [5.41, 5.74) is 0.991. The van der Waals surface area contributed by atoms with Gasteiger partial charge >= 0.3 is 0 Å². The Bertz CT molecular complexity index is 358. The number of aliphatic hydroxyl groups excluding tert-OH is 1. The van der Waals surface area contributed by atoms with E-state index in [0.717, 1.165) is 30.8 Å². The molecule has 96 valence electrons. The normalized spacial score (nSPS) is 12.5. The van der Waals surface area contributed by atoms with Crippen molar-refractivity contribution in [3.63, 3.8) is 0 Å². The van der Waals surface area contributed by atoms with Gasteiger partial charge in [0, 0.05) is 19.2 Å². The minimum absolute atomic E-state index is 0.301. The number of anilines is 1. The van der Waals surface area contributed by atoms with Crippen LogP contribution in [-0.2, 0) is 6.42 Å². The molecule has 4 nitrogen and oxygen atoms in total. The summed E-state index contributed by atoms with van der Waals surface area (Å²) in [6.45, 7) is 4.64. The first-order valence-corrected chi connectivity index (χ1v) is 6.32. The maximum atomic E-state index is 9.29. The van der Waals surface area contributed by atoms with Crippen molar-refractivity contribution in [2.75, 3.05) is 18.5 Å². The Morgan fingerprint density at radius 2 is 2.18 bits per heavy atom. The second kappa shape index (κ2) is 6.77. The zero-order valence-electron chi connectivity index (χ0n) is 10.6. The van der Waals surface area contributed by atoms with E-state index in [0.29, 0.717) is 11.6 Å². The fourth-order valence-electron chi connectivity index (χ4n) is 1.66. The van der Waals surface area contributed by atoms with E-state index >= 15 is 0 Å². The molecule has 1 heterocycles. The van der Waals surface area contributed by atoms with E-state index in [1.165, 1.54) is 6.33 Å². The van der Waals surface area contributed by atoms with Gasteiger partial charge in [0.2, 0.25) is 0 Å². The summed E-state index contributed by atoms with van der Waals surface area (Å²) in [5, 5.41) is 9.82. The van der Waals surface area contributed by atoms with E-state index < -0.39 is 0 Å². The van der Waals surface area contributed by atoms with Gasteiger partial charge in [0.15, 0.2) is 0 Å². The number of halogens is 1. The van der Waals surface area contributed by atoms with Crippen LogP contribution in [-0.4, -0.2) is 34.8 Å². The summed E-state index contributed by atoms with van der Waals surface area (Å²) in [4.78, 5) is 10.3. The highest BCUT2D eigenvalue weighted by molar-refractivity contribution is 6.30. The third kappa shape index (κ3) is 4.13. The molecule has 1 aromatic heterocycles. The van der Waals surface area contributed by atoms with Gasteiger partial charge in [0.25, 0.3) is 0 Å². The van der Waals surface area contributed by atoms with Gasteiger partial charge in [-0.15, -0.1) is 0 Å². The zero-order chi connectivity index (χ0) is 12.8. The van der Waals surface area contributed by atoms with Gasteiger partial charge in [-0.3, -0.25) is 0 Å². The van der Waals surface area contributed by atoms with Gasteiger partial charge in [0.05, 0.1) is 6.10 Å². The second-order valence-electron chi connectivity index (χ2n) is 4.28. The molecule has 0 aliphatic rings. The molecule has 0 bridgehead atoms. The predicted molar refractivity (Wildman–Crippen MR) is 70.6 cm³/mol. The molecule has 0 radical (unpaired) electrons. The van der Waals surface area contributed by atoms with E-state index in [4.69, 9.17) is 11.6 Å². The molecule has 0 aliphatic carbocycles. The quantitative estimate of drug-likeness (QED) is 0.795. The molecule has 1 rings (SSSR count). The first-order chi connectivity index (χ1) is 8.06. The van der Waals surface area contributed by atoms with Crippen molar-refractivity contribution in [1.82, 2.24) is 9.97 Å². The average molecular weight is 258 g/mol. The van der Waals surface area contributed by atoms with Crippen molar-refractivity contribution >= 4 is 17.4 Å². The van der Waals surface area contributed by atoms with Crippen molar-refractivity contribution in [3.05, 3.63) is 17.0 Å². The topological polar surface area (TPSA) is 49.2 Å². The minimum atomic E-state index is -0.301. The molecule has 0 fully saturated rings. The molecule has 17 heavy (non-hydrogen) atoms. The van der Waals surface area contributed by atoms with Crippen molar-refractivity contribution in [1.29, 1.82) is 0 Å². The average Bonchev–Trinajstić information content (AvgIpc) is 2.29. The molecule has 0 spiro atoms. The van der Waals surface area contributed by atoms with Crippen LogP contribution in [0.25, 0.3) is 0 Å². The van der Waals surface area contributed by atoms with E-state index in [-0.39, 0.29) is 6.10 Å². The molecule has 5 heteroatoms. The Kier molecular flexibility index (Phi) is 5.65. The highest BCUT2D eigenvalue weighted by Crippen LogP contribution is 2.24. The van der Waals surface area contributed by atoms with Crippen molar-refractivity contribution < 1.29 is 5.11 Å². The third-order valence-corrected chi connectivity index (χ3v) is 2.94. The molecule has 0 amide bonds. The molecule has 0 saturated heterocycles. The lowest BCUT2D eigenvalue weighted by atomic mass is 10.1. The Labute approximate surface area is 108 Å². The number of hydrogen-bond donors (Lipinski definition) is 1. The number of nitrogens with zero attached hydrogens (tertiary/aromatic N) is 3. The summed E-state index contributed by atoms with van der Waals surface area (Å²) in [6.07, 6.45) is 3.77. The van der Waals surface area contributed by atoms with Gasteiger partial charge in [-0.25, -0.2) is 9.97 Å². The van der Waals surface area contributed by atoms with Crippen LogP contribution in [0.3, 0.4) is 0 Å². The van der Waals surface area contributed by atoms with Gasteiger partial charge in [0.1, 0.15) is 17.3 Å². The highest BCUT2D eigenvalue weighted by Gasteiger charge is 2.13. The second-order valence-corrected chi connectivity index (χ2v) is 4.63. The Balaban J connectivity index is 2.84. The van der Waals surface area contributed by atoms with E-state index in [2.05, 4.69) is 16.9 Å². The first kappa shape index (κ1) is 14.2. The Hall–Kier alpha value is -0.870. The summed E-state index contributed by atoms with van der Waals surface area (Å²) >= 11 is 6.09.